The van der Waals surface area contributed by atoms with Gasteiger partial charge in [-0.2, -0.15) is 0 Å². The lowest BCUT2D eigenvalue weighted by Gasteiger charge is -2.22. The van der Waals surface area contributed by atoms with Crippen LogP contribution in [0, 0.1) is 0 Å². The predicted molar refractivity (Wildman–Crippen MR) is 75.3 cm³/mol. The number of aliphatic hydroxyl groups is 1. The van der Waals surface area contributed by atoms with E-state index >= 15 is 0 Å². The molecule has 2 heterocycles. The van der Waals surface area contributed by atoms with Crippen molar-refractivity contribution in [3.63, 3.8) is 0 Å². The Balaban J connectivity index is 2.12. The monoisotopic (exact) mass is 291 g/mol. The summed E-state index contributed by atoms with van der Waals surface area (Å²) < 4.78 is 0.413. The molecule has 1 aromatic carbocycles. The van der Waals surface area contributed by atoms with Gasteiger partial charge in [0.25, 0.3) is 0 Å². The van der Waals surface area contributed by atoms with E-state index in [9.17, 15) is 5.11 Å². The maximum atomic E-state index is 10.7. The van der Waals surface area contributed by atoms with Gasteiger partial charge < -0.3 is 5.11 Å². The van der Waals surface area contributed by atoms with Gasteiger partial charge in [0.05, 0.1) is 15.9 Å². The molecule has 0 bridgehead atoms. The zero-order chi connectivity index (χ0) is 13.5. The lowest BCUT2D eigenvalue weighted by Crippen LogP contribution is -2.21. The van der Waals surface area contributed by atoms with E-state index in [4.69, 9.17) is 11.6 Å². The molecule has 0 saturated heterocycles. The van der Waals surface area contributed by atoms with E-state index in [0.29, 0.717) is 9.34 Å². The molecule has 96 valence electrons. The highest BCUT2D eigenvalue weighted by molar-refractivity contribution is 7.15. The number of fused-ring (bicyclic) bond motifs is 1. The number of hydrogen-bond donors (Lipinski definition) is 1. The number of thiazole rings is 1. The van der Waals surface area contributed by atoms with Crippen molar-refractivity contribution in [1.29, 1.82) is 0 Å². The normalized spacial score (nSPS) is 14.5. The van der Waals surface area contributed by atoms with Gasteiger partial charge in [-0.25, -0.2) is 4.98 Å². The average Bonchev–Trinajstić information content (AvgIpc) is 2.85. The van der Waals surface area contributed by atoms with Crippen LogP contribution in [0.3, 0.4) is 0 Å². The van der Waals surface area contributed by atoms with Crippen LogP contribution in [0.25, 0.3) is 11.0 Å². The third-order valence-electron chi connectivity index (χ3n) is 2.99. The van der Waals surface area contributed by atoms with Crippen LogP contribution in [-0.4, -0.2) is 20.1 Å². The molecule has 2 aromatic heterocycles. The molecule has 4 nitrogen and oxygen atoms in total. The second-order valence-corrected chi connectivity index (χ2v) is 5.92. The molecule has 0 aliphatic rings. The van der Waals surface area contributed by atoms with Crippen molar-refractivity contribution in [2.24, 2.45) is 0 Å². The smallest absolute Gasteiger partial charge is 0.183 e. The summed E-state index contributed by atoms with van der Waals surface area (Å²) in [4.78, 5) is 13.1. The molecule has 0 fully saturated rings. The minimum Gasteiger partial charge on any atom is -0.380 e. The summed E-state index contributed by atoms with van der Waals surface area (Å²) in [6, 6.07) is 5.51. The Morgan fingerprint density at radius 2 is 1.89 bits per heavy atom. The lowest BCUT2D eigenvalue weighted by molar-refractivity contribution is 0.106. The van der Waals surface area contributed by atoms with Crippen molar-refractivity contribution in [2.75, 3.05) is 0 Å². The Hall–Kier alpha value is -1.56. The Labute approximate surface area is 118 Å². The lowest BCUT2D eigenvalue weighted by atomic mass is 9.94. The summed E-state index contributed by atoms with van der Waals surface area (Å²) >= 11 is 7.09. The molecule has 0 saturated carbocycles. The Morgan fingerprint density at radius 3 is 2.58 bits per heavy atom. The van der Waals surface area contributed by atoms with Crippen LogP contribution in [0.15, 0.2) is 36.8 Å². The molecule has 1 unspecified atom stereocenters. The first kappa shape index (κ1) is 12.5. The highest BCUT2D eigenvalue weighted by Crippen LogP contribution is 2.35. The average molecular weight is 292 g/mol. The van der Waals surface area contributed by atoms with E-state index in [1.807, 2.05) is 18.2 Å². The molecule has 1 N–H and O–H groups in total. The van der Waals surface area contributed by atoms with Crippen molar-refractivity contribution < 1.29 is 5.11 Å². The van der Waals surface area contributed by atoms with Crippen molar-refractivity contribution in [3.8, 4) is 0 Å². The molecule has 0 radical (unpaired) electrons. The molecule has 19 heavy (non-hydrogen) atoms. The van der Waals surface area contributed by atoms with E-state index in [1.165, 1.54) is 11.3 Å². The zero-order valence-corrected chi connectivity index (χ0v) is 11.6. The zero-order valence-electron chi connectivity index (χ0n) is 10.0. The number of benzene rings is 1. The largest absolute Gasteiger partial charge is 0.380 e. The topological polar surface area (TPSA) is 58.9 Å². The van der Waals surface area contributed by atoms with Crippen molar-refractivity contribution in [1.82, 2.24) is 15.0 Å². The molecule has 3 rings (SSSR count). The fraction of sp³-hybridized carbons (Fsp3) is 0.154. The summed E-state index contributed by atoms with van der Waals surface area (Å²) in [6.07, 6.45) is 4.86. The van der Waals surface area contributed by atoms with Gasteiger partial charge in [-0.15, -0.1) is 11.3 Å². The first-order valence-electron chi connectivity index (χ1n) is 5.63. The first-order valence-corrected chi connectivity index (χ1v) is 6.82. The van der Waals surface area contributed by atoms with Crippen molar-refractivity contribution in [2.45, 2.75) is 12.5 Å². The van der Waals surface area contributed by atoms with Gasteiger partial charge in [-0.3, -0.25) is 9.97 Å². The summed E-state index contributed by atoms with van der Waals surface area (Å²) in [5.41, 5.74) is 1.14. The molecule has 3 aromatic rings. The third kappa shape index (κ3) is 2.20. The number of hydrogen-bond acceptors (Lipinski definition) is 5. The highest BCUT2D eigenvalue weighted by atomic mass is 35.5. The van der Waals surface area contributed by atoms with Gasteiger partial charge in [-0.05, 0) is 24.6 Å². The summed E-state index contributed by atoms with van der Waals surface area (Å²) in [5, 5.41) is 10.7. The van der Waals surface area contributed by atoms with Crippen molar-refractivity contribution in [3.05, 3.63) is 51.7 Å². The Kier molecular flexibility index (Phi) is 2.97. The van der Waals surface area contributed by atoms with E-state index in [0.717, 1.165) is 16.6 Å². The maximum Gasteiger partial charge on any atom is 0.183 e. The highest BCUT2D eigenvalue weighted by Gasteiger charge is 2.28. The molecular weight excluding hydrogens is 282 g/mol. The predicted octanol–water partition coefficient (Wildman–Crippen LogP) is 3.00. The van der Waals surface area contributed by atoms with Gasteiger partial charge >= 0.3 is 0 Å². The molecule has 0 aliphatic heterocycles. The van der Waals surface area contributed by atoms with Crippen LogP contribution in [0.4, 0.5) is 0 Å². The molecule has 0 amide bonds. The molecule has 0 spiro atoms. The molecule has 1 atom stereocenters. The van der Waals surface area contributed by atoms with E-state index in [2.05, 4.69) is 15.0 Å². The first-order chi connectivity index (χ1) is 9.07. The van der Waals surface area contributed by atoms with Gasteiger partial charge in [-0.1, -0.05) is 17.7 Å². The van der Waals surface area contributed by atoms with E-state index < -0.39 is 5.60 Å². The van der Waals surface area contributed by atoms with Gasteiger partial charge in [0.15, 0.2) is 4.47 Å². The van der Waals surface area contributed by atoms with E-state index in [-0.39, 0.29) is 0 Å². The molecule has 6 heteroatoms. The Bertz CT molecular complexity index is 741. The van der Waals surface area contributed by atoms with Crippen LogP contribution in [0.5, 0.6) is 0 Å². The van der Waals surface area contributed by atoms with Crippen molar-refractivity contribution >= 4 is 34.0 Å². The minimum atomic E-state index is -1.14. The van der Waals surface area contributed by atoms with E-state index in [1.54, 1.807) is 25.5 Å². The minimum absolute atomic E-state index is 0.413. The third-order valence-corrected chi connectivity index (χ3v) is 4.31. The summed E-state index contributed by atoms with van der Waals surface area (Å²) in [7, 11) is 0. The SMILES string of the molecule is CC(O)(c1ccc2nccnc2c1)c1cnc(Cl)s1. The summed E-state index contributed by atoms with van der Waals surface area (Å²) in [6.45, 7) is 1.72. The van der Waals surface area contributed by atoms with Gasteiger partial charge in [0.1, 0.15) is 5.60 Å². The number of aromatic nitrogens is 3. The second kappa shape index (κ2) is 4.52. The quantitative estimate of drug-likeness (QED) is 0.788. The van der Waals surface area contributed by atoms with Crippen LogP contribution >= 0.6 is 22.9 Å². The van der Waals surface area contributed by atoms with Crippen LogP contribution in [-0.2, 0) is 5.60 Å². The van der Waals surface area contributed by atoms with Gasteiger partial charge in [0.2, 0.25) is 0 Å². The van der Waals surface area contributed by atoms with Crippen LogP contribution in [0.1, 0.15) is 17.4 Å². The maximum absolute atomic E-state index is 10.7. The molecule has 0 aliphatic carbocycles. The fourth-order valence-corrected chi connectivity index (χ4v) is 2.89. The molecular formula is C13H10ClN3OS. The fourth-order valence-electron chi connectivity index (χ4n) is 1.89. The standard InChI is InChI=1S/C13H10ClN3OS/c1-13(18,11-7-17-12(14)19-11)8-2-3-9-10(6-8)16-5-4-15-9/h2-7,18H,1H3. The number of rotatable bonds is 2. The van der Waals surface area contributed by atoms with Crippen LogP contribution < -0.4 is 0 Å². The number of nitrogens with zero attached hydrogens (tertiary/aromatic N) is 3. The number of halogens is 1. The van der Waals surface area contributed by atoms with Gasteiger partial charge in [0, 0.05) is 18.6 Å². The second-order valence-electron chi connectivity index (χ2n) is 4.31. The van der Waals surface area contributed by atoms with Crippen LogP contribution in [0.2, 0.25) is 4.47 Å². The Morgan fingerprint density at radius 1 is 1.16 bits per heavy atom. The summed E-state index contributed by atoms with van der Waals surface area (Å²) in [5.74, 6) is 0.